The molecule has 0 aliphatic rings. The predicted molar refractivity (Wildman–Crippen MR) is 75.4 cm³/mol. The molecule has 1 aromatic heterocycles. The zero-order valence-electron chi connectivity index (χ0n) is 10.9. The summed E-state index contributed by atoms with van der Waals surface area (Å²) in [4.78, 5) is 0. The van der Waals surface area contributed by atoms with Crippen molar-refractivity contribution in [1.82, 2.24) is 9.78 Å². The number of aliphatic hydroxyl groups excluding tert-OH is 1. The molecule has 2 aromatic rings. The summed E-state index contributed by atoms with van der Waals surface area (Å²) in [6.07, 6.45) is -0.321. The van der Waals surface area contributed by atoms with Crippen molar-refractivity contribution in [2.24, 2.45) is 0 Å². The summed E-state index contributed by atoms with van der Waals surface area (Å²) in [7, 11) is 0. The zero-order chi connectivity index (χ0) is 14.0. The summed E-state index contributed by atoms with van der Waals surface area (Å²) < 4.78 is 15.8. The number of aryl methyl sites for hydroxylation is 2. The smallest absolute Gasteiger partial charge is 0.124 e. The molecule has 3 nitrogen and oxygen atoms in total. The second kappa shape index (κ2) is 5.84. The fraction of sp³-hybridized carbons (Fsp3) is 0.357. The molecule has 1 N–H and O–H groups in total. The number of hydrogen-bond acceptors (Lipinski definition) is 2. The number of benzene rings is 1. The Bertz CT molecular complexity index is 563. The van der Waals surface area contributed by atoms with Crippen molar-refractivity contribution in [3.05, 3.63) is 51.5 Å². The van der Waals surface area contributed by atoms with Gasteiger partial charge in [0.1, 0.15) is 5.82 Å². The van der Waals surface area contributed by atoms with E-state index in [-0.39, 0.29) is 5.82 Å². The van der Waals surface area contributed by atoms with Crippen molar-refractivity contribution in [2.75, 3.05) is 0 Å². The molecule has 0 aliphatic heterocycles. The quantitative estimate of drug-likeness (QED) is 0.935. The molecule has 0 fully saturated rings. The lowest BCUT2D eigenvalue weighted by Crippen LogP contribution is -2.08. The van der Waals surface area contributed by atoms with Crippen LogP contribution in [0.4, 0.5) is 4.39 Å². The lowest BCUT2D eigenvalue weighted by Gasteiger charge is -2.12. The van der Waals surface area contributed by atoms with E-state index in [1.54, 1.807) is 6.07 Å². The maximum absolute atomic E-state index is 13.3. The Morgan fingerprint density at radius 2 is 2.11 bits per heavy atom. The molecule has 1 atom stereocenters. The van der Waals surface area contributed by atoms with E-state index in [0.717, 1.165) is 17.9 Å². The highest BCUT2D eigenvalue weighted by molar-refractivity contribution is 9.10. The van der Waals surface area contributed by atoms with Crippen LogP contribution in [0.5, 0.6) is 0 Å². The van der Waals surface area contributed by atoms with Gasteiger partial charge in [0.05, 0.1) is 11.8 Å². The highest BCUT2D eigenvalue weighted by Crippen LogP contribution is 2.23. The number of rotatable bonds is 4. The van der Waals surface area contributed by atoms with E-state index in [1.165, 1.54) is 12.1 Å². The number of halogens is 2. The Morgan fingerprint density at radius 1 is 1.37 bits per heavy atom. The maximum Gasteiger partial charge on any atom is 0.124 e. The molecule has 102 valence electrons. The van der Waals surface area contributed by atoms with E-state index < -0.39 is 6.10 Å². The summed E-state index contributed by atoms with van der Waals surface area (Å²) in [6, 6.07) is 6.40. The molecule has 5 heteroatoms. The Hall–Kier alpha value is -1.20. The van der Waals surface area contributed by atoms with Crippen molar-refractivity contribution in [1.29, 1.82) is 0 Å². The van der Waals surface area contributed by atoms with E-state index in [0.29, 0.717) is 16.5 Å². The molecule has 0 saturated carbocycles. The van der Waals surface area contributed by atoms with Gasteiger partial charge < -0.3 is 5.11 Å². The normalized spacial score (nSPS) is 12.7. The molecule has 1 heterocycles. The second-order valence-electron chi connectivity index (χ2n) is 4.52. The van der Waals surface area contributed by atoms with Gasteiger partial charge in [-0.3, -0.25) is 4.68 Å². The first-order valence-corrected chi connectivity index (χ1v) is 6.96. The average molecular weight is 327 g/mol. The summed E-state index contributed by atoms with van der Waals surface area (Å²) in [5.74, 6) is -0.358. The maximum atomic E-state index is 13.3. The molecule has 0 saturated heterocycles. The minimum atomic E-state index is -0.742. The molecule has 2 rings (SSSR count). The third-order valence-corrected chi connectivity index (χ3v) is 3.41. The fourth-order valence-corrected chi connectivity index (χ4v) is 2.60. The molecule has 0 aliphatic carbocycles. The molecule has 19 heavy (non-hydrogen) atoms. The third-order valence-electron chi connectivity index (χ3n) is 2.96. The van der Waals surface area contributed by atoms with Gasteiger partial charge in [-0.05, 0) is 43.7 Å². The molecular formula is C14H16BrFN2O. The Balaban J connectivity index is 2.22. The van der Waals surface area contributed by atoms with E-state index >= 15 is 0 Å². The summed E-state index contributed by atoms with van der Waals surface area (Å²) in [5, 5.41) is 14.6. The average Bonchev–Trinajstić information content (AvgIpc) is 2.68. The molecule has 0 spiro atoms. The number of nitrogens with zero attached hydrogens (tertiary/aromatic N) is 2. The fourth-order valence-electron chi connectivity index (χ4n) is 2.12. The first kappa shape index (κ1) is 14.2. The minimum Gasteiger partial charge on any atom is -0.388 e. The van der Waals surface area contributed by atoms with Gasteiger partial charge in [-0.15, -0.1) is 0 Å². The van der Waals surface area contributed by atoms with Crippen molar-refractivity contribution < 1.29 is 9.50 Å². The summed E-state index contributed by atoms with van der Waals surface area (Å²) in [5.41, 5.74) is 2.44. The third kappa shape index (κ3) is 3.42. The van der Waals surface area contributed by atoms with Crippen LogP contribution < -0.4 is 0 Å². The molecule has 1 unspecified atom stereocenters. The van der Waals surface area contributed by atoms with Gasteiger partial charge in [0.15, 0.2) is 0 Å². The van der Waals surface area contributed by atoms with Crippen LogP contribution in [-0.4, -0.2) is 14.9 Å². The first-order chi connectivity index (χ1) is 8.99. The molecular weight excluding hydrogens is 311 g/mol. The molecule has 0 radical (unpaired) electrons. The lowest BCUT2D eigenvalue weighted by atomic mass is 10.0. The van der Waals surface area contributed by atoms with Gasteiger partial charge in [-0.25, -0.2) is 4.39 Å². The first-order valence-electron chi connectivity index (χ1n) is 6.17. The van der Waals surface area contributed by atoms with Gasteiger partial charge in [0.25, 0.3) is 0 Å². The highest BCUT2D eigenvalue weighted by Gasteiger charge is 2.14. The van der Waals surface area contributed by atoms with E-state index in [2.05, 4.69) is 21.0 Å². The van der Waals surface area contributed by atoms with Crippen LogP contribution in [0.15, 0.2) is 28.7 Å². The number of hydrogen-bond donors (Lipinski definition) is 1. The summed E-state index contributed by atoms with van der Waals surface area (Å²) >= 11 is 3.23. The predicted octanol–water partition coefficient (Wildman–Crippen LogP) is 3.39. The van der Waals surface area contributed by atoms with Crippen molar-refractivity contribution in [2.45, 2.75) is 32.9 Å². The van der Waals surface area contributed by atoms with E-state index in [4.69, 9.17) is 0 Å². The van der Waals surface area contributed by atoms with Crippen LogP contribution in [0.2, 0.25) is 0 Å². The van der Waals surface area contributed by atoms with E-state index in [1.807, 2.05) is 24.6 Å². The number of aromatic nitrogens is 2. The lowest BCUT2D eigenvalue weighted by molar-refractivity contribution is 0.175. The SMILES string of the molecule is CCn1nc(C)cc1CC(O)c1cc(F)cc(Br)c1. The summed E-state index contributed by atoms with van der Waals surface area (Å²) in [6.45, 7) is 4.67. The Kier molecular flexibility index (Phi) is 4.37. The monoisotopic (exact) mass is 326 g/mol. The minimum absolute atomic E-state index is 0.358. The Morgan fingerprint density at radius 3 is 2.74 bits per heavy atom. The number of aliphatic hydroxyl groups is 1. The topological polar surface area (TPSA) is 38.0 Å². The zero-order valence-corrected chi connectivity index (χ0v) is 12.5. The van der Waals surface area contributed by atoms with Gasteiger partial charge in [0.2, 0.25) is 0 Å². The van der Waals surface area contributed by atoms with Crippen molar-refractivity contribution in [3.63, 3.8) is 0 Å². The van der Waals surface area contributed by atoms with Gasteiger partial charge in [0, 0.05) is 23.1 Å². The van der Waals surface area contributed by atoms with Crippen LogP contribution >= 0.6 is 15.9 Å². The standard InChI is InChI=1S/C14H16BrFN2O/c1-3-18-13(4-9(2)17-18)8-14(19)10-5-11(15)7-12(16)6-10/h4-7,14,19H,3,8H2,1-2H3. The highest BCUT2D eigenvalue weighted by atomic mass is 79.9. The molecule has 0 amide bonds. The van der Waals surface area contributed by atoms with Crippen molar-refractivity contribution in [3.8, 4) is 0 Å². The largest absolute Gasteiger partial charge is 0.388 e. The van der Waals surface area contributed by atoms with Crippen molar-refractivity contribution >= 4 is 15.9 Å². The van der Waals surface area contributed by atoms with Crippen LogP contribution in [-0.2, 0) is 13.0 Å². The van der Waals surface area contributed by atoms with Gasteiger partial charge in [-0.1, -0.05) is 15.9 Å². The molecule has 0 bridgehead atoms. The van der Waals surface area contributed by atoms with Crippen LogP contribution in [0, 0.1) is 12.7 Å². The van der Waals surface area contributed by atoms with Crippen LogP contribution in [0.3, 0.4) is 0 Å². The van der Waals surface area contributed by atoms with Gasteiger partial charge in [-0.2, -0.15) is 5.10 Å². The van der Waals surface area contributed by atoms with Crippen LogP contribution in [0.25, 0.3) is 0 Å². The Labute approximate surface area is 120 Å². The van der Waals surface area contributed by atoms with Gasteiger partial charge >= 0.3 is 0 Å². The second-order valence-corrected chi connectivity index (χ2v) is 5.43. The van der Waals surface area contributed by atoms with E-state index in [9.17, 15) is 9.50 Å². The van der Waals surface area contributed by atoms with Crippen LogP contribution in [0.1, 0.15) is 30.0 Å². The molecule has 1 aromatic carbocycles.